The van der Waals surface area contributed by atoms with Gasteiger partial charge in [-0.15, -0.1) is 0 Å². The molecule has 0 bridgehead atoms. The molecule has 3 unspecified atom stereocenters. The van der Waals surface area contributed by atoms with Crippen LogP contribution in [0.1, 0.15) is 47.5 Å². The van der Waals surface area contributed by atoms with Gasteiger partial charge in [0.1, 0.15) is 5.28 Å². The third kappa shape index (κ3) is 2.86. The first kappa shape index (κ1) is 14.2. The molecule has 5 heteroatoms. The first-order valence-electron chi connectivity index (χ1n) is 6.04. The highest BCUT2D eigenvalue weighted by atomic mass is 31.2. The summed E-state index contributed by atoms with van der Waals surface area (Å²) in [5.41, 5.74) is 0. The third-order valence-corrected chi connectivity index (χ3v) is 5.81. The van der Waals surface area contributed by atoms with Crippen LogP contribution in [-0.4, -0.2) is 24.0 Å². The van der Waals surface area contributed by atoms with Crippen LogP contribution in [0, 0.1) is 0 Å². The van der Waals surface area contributed by atoms with E-state index in [1.165, 1.54) is 0 Å². The summed E-state index contributed by atoms with van der Waals surface area (Å²) in [6, 6.07) is 0.250. The Morgan fingerprint density at radius 2 is 2.19 bits per heavy atom. The highest BCUT2D eigenvalue weighted by molar-refractivity contribution is 7.55. The average molecular weight is 249 g/mol. The van der Waals surface area contributed by atoms with Gasteiger partial charge in [0.25, 0.3) is 0 Å². The Hall–Kier alpha value is 0.110. The van der Waals surface area contributed by atoms with Crippen LogP contribution in [0.5, 0.6) is 0 Å². The molecule has 1 aliphatic heterocycles. The molecule has 0 radical (unpaired) electrons. The molecule has 16 heavy (non-hydrogen) atoms. The zero-order valence-corrected chi connectivity index (χ0v) is 11.8. The minimum atomic E-state index is -3.06. The molecule has 1 N–H and O–H groups in total. The Bertz CT molecular complexity index is 282. The van der Waals surface area contributed by atoms with E-state index < -0.39 is 12.9 Å². The summed E-state index contributed by atoms with van der Waals surface area (Å²) in [7, 11) is -3.06. The van der Waals surface area contributed by atoms with Gasteiger partial charge in [0.05, 0.1) is 12.7 Å². The molecule has 0 amide bonds. The maximum Gasteiger partial charge on any atom is 0.350 e. The highest BCUT2D eigenvalue weighted by Gasteiger charge is 2.48. The second kappa shape index (κ2) is 5.18. The van der Waals surface area contributed by atoms with Crippen molar-refractivity contribution < 1.29 is 13.6 Å². The summed E-state index contributed by atoms with van der Waals surface area (Å²) >= 11 is 0. The summed E-state index contributed by atoms with van der Waals surface area (Å²) in [5, 5.41) is 2.74. The van der Waals surface area contributed by atoms with Crippen LogP contribution in [0.25, 0.3) is 0 Å². The summed E-state index contributed by atoms with van der Waals surface area (Å²) in [5.74, 6) is 0. The van der Waals surface area contributed by atoms with Gasteiger partial charge in [0.15, 0.2) is 0 Å². The Morgan fingerprint density at radius 3 is 2.62 bits per heavy atom. The lowest BCUT2D eigenvalue weighted by molar-refractivity contribution is 0.0746. The van der Waals surface area contributed by atoms with E-state index in [1.807, 2.05) is 34.6 Å². The van der Waals surface area contributed by atoms with Gasteiger partial charge in [-0.3, -0.25) is 9.88 Å². The molecule has 0 saturated carbocycles. The molecule has 3 atom stereocenters. The smallest absolute Gasteiger partial charge is 0.307 e. The van der Waals surface area contributed by atoms with E-state index in [4.69, 9.17) is 9.05 Å². The Morgan fingerprint density at radius 1 is 1.56 bits per heavy atom. The summed E-state index contributed by atoms with van der Waals surface area (Å²) in [6.07, 6.45) is 1.54. The molecule has 4 nitrogen and oxygen atoms in total. The molecule has 1 heterocycles. The van der Waals surface area contributed by atoms with Crippen molar-refractivity contribution in [3.8, 4) is 0 Å². The van der Waals surface area contributed by atoms with E-state index in [2.05, 4.69) is 5.32 Å². The van der Waals surface area contributed by atoms with Crippen LogP contribution in [0.15, 0.2) is 0 Å². The molecule has 0 aromatic heterocycles. The van der Waals surface area contributed by atoms with E-state index in [-0.39, 0.29) is 12.1 Å². The van der Waals surface area contributed by atoms with Crippen LogP contribution < -0.4 is 5.32 Å². The molecular weight excluding hydrogens is 225 g/mol. The van der Waals surface area contributed by atoms with Gasteiger partial charge in [-0.25, -0.2) is 0 Å². The fraction of sp³-hybridized carbons (Fsp3) is 1.00. The number of hydrogen-bond acceptors (Lipinski definition) is 4. The van der Waals surface area contributed by atoms with E-state index >= 15 is 0 Å². The minimum Gasteiger partial charge on any atom is -0.307 e. The van der Waals surface area contributed by atoms with Crippen LogP contribution in [0.4, 0.5) is 0 Å². The predicted octanol–water partition coefficient (Wildman–Crippen LogP) is 3.13. The van der Waals surface area contributed by atoms with Crippen molar-refractivity contribution in [3.05, 3.63) is 0 Å². The maximum absolute atomic E-state index is 12.7. The lowest BCUT2D eigenvalue weighted by atomic mass is 10.2. The first-order chi connectivity index (χ1) is 7.33. The van der Waals surface area contributed by atoms with Gasteiger partial charge >= 0.3 is 7.60 Å². The lowest BCUT2D eigenvalue weighted by Crippen LogP contribution is -2.47. The van der Waals surface area contributed by atoms with Gasteiger partial charge in [0, 0.05) is 6.04 Å². The van der Waals surface area contributed by atoms with Crippen molar-refractivity contribution in [2.45, 2.75) is 64.9 Å². The summed E-state index contributed by atoms with van der Waals surface area (Å²) < 4.78 is 23.8. The number of hydrogen-bond donors (Lipinski definition) is 1. The third-order valence-electron chi connectivity index (χ3n) is 3.00. The van der Waals surface area contributed by atoms with Crippen molar-refractivity contribution in [3.63, 3.8) is 0 Å². The van der Waals surface area contributed by atoms with E-state index in [1.54, 1.807) is 0 Å². The van der Waals surface area contributed by atoms with Crippen LogP contribution in [0.3, 0.4) is 0 Å². The Balaban J connectivity index is 2.88. The second-order valence-corrected chi connectivity index (χ2v) is 7.41. The molecule has 0 aromatic carbocycles. The average Bonchev–Trinajstić information content (AvgIpc) is 2.16. The second-order valence-electron chi connectivity index (χ2n) is 4.96. The van der Waals surface area contributed by atoms with Crippen molar-refractivity contribution in [1.29, 1.82) is 0 Å². The van der Waals surface area contributed by atoms with Crippen LogP contribution >= 0.6 is 7.60 Å². The van der Waals surface area contributed by atoms with E-state index in [9.17, 15) is 4.57 Å². The maximum atomic E-state index is 12.7. The molecule has 1 rings (SSSR count). The zero-order chi connectivity index (χ0) is 12.4. The van der Waals surface area contributed by atoms with Crippen LogP contribution in [-0.2, 0) is 13.6 Å². The van der Waals surface area contributed by atoms with E-state index in [0.29, 0.717) is 6.61 Å². The summed E-state index contributed by atoms with van der Waals surface area (Å²) in [4.78, 5) is 0. The SMILES string of the molecule is CCC(C)(NC(C)C)P1(=O)OCCC(C)O1. The monoisotopic (exact) mass is 249 g/mol. The first-order valence-corrected chi connectivity index (χ1v) is 7.58. The van der Waals surface area contributed by atoms with Crippen molar-refractivity contribution in [2.75, 3.05) is 6.61 Å². The van der Waals surface area contributed by atoms with Crippen LogP contribution in [0.2, 0.25) is 0 Å². The highest BCUT2D eigenvalue weighted by Crippen LogP contribution is 2.62. The number of rotatable bonds is 4. The largest absolute Gasteiger partial charge is 0.350 e. The van der Waals surface area contributed by atoms with Crippen molar-refractivity contribution >= 4 is 7.60 Å². The normalized spacial score (nSPS) is 35.0. The molecule has 0 aromatic rings. The van der Waals surface area contributed by atoms with Gasteiger partial charge in [0.2, 0.25) is 0 Å². The Labute approximate surface area is 98.6 Å². The topological polar surface area (TPSA) is 47.6 Å². The predicted molar refractivity (Wildman–Crippen MR) is 65.7 cm³/mol. The molecule has 0 spiro atoms. The molecule has 1 aliphatic rings. The fourth-order valence-corrected chi connectivity index (χ4v) is 4.22. The molecule has 0 aliphatic carbocycles. The molecule has 1 fully saturated rings. The van der Waals surface area contributed by atoms with Gasteiger partial charge in [-0.1, -0.05) is 6.92 Å². The Kier molecular flexibility index (Phi) is 4.58. The van der Waals surface area contributed by atoms with E-state index in [0.717, 1.165) is 12.8 Å². The standard InChI is InChI=1S/C11H24NO3P/c1-6-11(5,12-9(2)3)16(13)14-8-7-10(4)15-16/h9-10,12H,6-8H2,1-5H3. The van der Waals surface area contributed by atoms with Crippen molar-refractivity contribution in [2.24, 2.45) is 0 Å². The number of nitrogens with one attached hydrogen (secondary N) is 1. The van der Waals surface area contributed by atoms with Gasteiger partial charge in [-0.05, 0) is 40.5 Å². The molecule has 1 saturated heterocycles. The molecule has 96 valence electrons. The summed E-state index contributed by atoms with van der Waals surface area (Å²) in [6.45, 7) is 10.5. The van der Waals surface area contributed by atoms with Gasteiger partial charge in [-0.2, -0.15) is 0 Å². The van der Waals surface area contributed by atoms with Gasteiger partial charge < -0.3 is 9.05 Å². The van der Waals surface area contributed by atoms with Crippen molar-refractivity contribution in [1.82, 2.24) is 5.32 Å². The zero-order valence-electron chi connectivity index (χ0n) is 10.9. The molecular formula is C11H24NO3P. The quantitative estimate of drug-likeness (QED) is 0.778. The minimum absolute atomic E-state index is 0.0134. The lowest BCUT2D eigenvalue weighted by Gasteiger charge is -2.41. The fourth-order valence-electron chi connectivity index (χ4n) is 1.91.